The van der Waals surface area contributed by atoms with Gasteiger partial charge in [-0.15, -0.1) is 0 Å². The van der Waals surface area contributed by atoms with Crippen LogP contribution in [0.5, 0.6) is 0 Å². The van der Waals surface area contributed by atoms with Gasteiger partial charge in [-0.1, -0.05) is 48.9 Å². The quantitative estimate of drug-likeness (QED) is 0.395. The Kier molecular flexibility index (Phi) is 7.68. The molecule has 0 aliphatic heterocycles. The average Bonchev–Trinajstić information content (AvgIpc) is 3.23. The van der Waals surface area contributed by atoms with Gasteiger partial charge in [0, 0.05) is 35.9 Å². The van der Waals surface area contributed by atoms with Gasteiger partial charge in [0.2, 0.25) is 5.91 Å². The minimum Gasteiger partial charge on any atom is -0.352 e. The molecule has 0 aliphatic carbocycles. The maximum Gasteiger partial charge on any atom is 0.251 e. The molecular weight excluding hydrogens is 396 g/mol. The van der Waals surface area contributed by atoms with Crippen LogP contribution in [0.4, 0.5) is 5.69 Å². The second-order valence-electron chi connectivity index (χ2n) is 6.94. The van der Waals surface area contributed by atoms with Gasteiger partial charge >= 0.3 is 0 Å². The Bertz CT molecular complexity index is 998. The van der Waals surface area contributed by atoms with Crippen LogP contribution in [0.1, 0.15) is 35.7 Å². The van der Waals surface area contributed by atoms with Crippen LogP contribution in [-0.4, -0.2) is 33.7 Å². The first-order valence-corrected chi connectivity index (χ1v) is 11.0. The lowest BCUT2D eigenvalue weighted by atomic mass is 10.2. The van der Waals surface area contributed by atoms with Gasteiger partial charge in [0.25, 0.3) is 5.91 Å². The molecule has 2 aromatic carbocycles. The Balaban J connectivity index is 1.63. The van der Waals surface area contributed by atoms with Crippen molar-refractivity contribution in [1.82, 2.24) is 14.9 Å². The van der Waals surface area contributed by atoms with Crippen molar-refractivity contribution in [3.63, 3.8) is 0 Å². The first kappa shape index (κ1) is 21.6. The van der Waals surface area contributed by atoms with Gasteiger partial charge < -0.3 is 10.6 Å². The van der Waals surface area contributed by atoms with Crippen LogP contribution in [0.2, 0.25) is 0 Å². The molecule has 3 rings (SSSR count). The van der Waals surface area contributed by atoms with Crippen LogP contribution >= 0.6 is 11.8 Å². The van der Waals surface area contributed by atoms with Crippen LogP contribution in [-0.2, 0) is 4.79 Å². The Morgan fingerprint density at radius 1 is 1.13 bits per heavy atom. The third kappa shape index (κ3) is 5.97. The summed E-state index contributed by atoms with van der Waals surface area (Å²) in [5.41, 5.74) is 3.35. The lowest BCUT2D eigenvalue weighted by molar-refractivity contribution is -0.113. The zero-order valence-electron chi connectivity index (χ0n) is 17.2. The predicted octanol–water partition coefficient (Wildman–Crippen LogP) is 4.44. The highest BCUT2D eigenvalue weighted by atomic mass is 32.2. The zero-order valence-corrected chi connectivity index (χ0v) is 18.0. The van der Waals surface area contributed by atoms with Gasteiger partial charge in [0.1, 0.15) is 0 Å². The van der Waals surface area contributed by atoms with Crippen molar-refractivity contribution in [3.05, 3.63) is 72.1 Å². The van der Waals surface area contributed by atoms with E-state index in [0.29, 0.717) is 17.3 Å². The van der Waals surface area contributed by atoms with Crippen molar-refractivity contribution in [1.29, 1.82) is 0 Å². The molecule has 0 unspecified atom stereocenters. The van der Waals surface area contributed by atoms with Gasteiger partial charge in [-0.05, 0) is 43.7 Å². The van der Waals surface area contributed by atoms with Gasteiger partial charge in [0.15, 0.2) is 5.16 Å². The summed E-state index contributed by atoms with van der Waals surface area (Å²) in [5.74, 6) is 0.0572. The van der Waals surface area contributed by atoms with E-state index in [4.69, 9.17) is 0 Å². The number of nitrogens with one attached hydrogen (secondary N) is 2. The summed E-state index contributed by atoms with van der Waals surface area (Å²) < 4.78 is 1.88. The lowest BCUT2D eigenvalue weighted by Crippen LogP contribution is -2.24. The lowest BCUT2D eigenvalue weighted by Gasteiger charge is -2.10. The van der Waals surface area contributed by atoms with E-state index in [1.807, 2.05) is 60.2 Å². The fourth-order valence-corrected chi connectivity index (χ4v) is 3.61. The van der Waals surface area contributed by atoms with Gasteiger partial charge in [-0.3, -0.25) is 14.2 Å². The fourth-order valence-electron chi connectivity index (χ4n) is 2.83. The monoisotopic (exact) mass is 422 g/mol. The first-order chi connectivity index (χ1) is 14.6. The molecule has 0 fully saturated rings. The molecule has 7 heteroatoms. The summed E-state index contributed by atoms with van der Waals surface area (Å²) in [7, 11) is 0. The molecule has 0 bridgehead atoms. The number of benzene rings is 2. The van der Waals surface area contributed by atoms with Crippen molar-refractivity contribution >= 4 is 29.3 Å². The molecule has 30 heavy (non-hydrogen) atoms. The topological polar surface area (TPSA) is 76.0 Å². The van der Waals surface area contributed by atoms with Crippen LogP contribution in [0.3, 0.4) is 0 Å². The van der Waals surface area contributed by atoms with Gasteiger partial charge in [0.05, 0.1) is 5.75 Å². The maximum atomic E-state index is 12.3. The van der Waals surface area contributed by atoms with E-state index in [1.54, 1.807) is 12.3 Å². The molecule has 6 nitrogen and oxygen atoms in total. The van der Waals surface area contributed by atoms with Crippen LogP contribution in [0.15, 0.2) is 66.1 Å². The van der Waals surface area contributed by atoms with Crippen molar-refractivity contribution in [3.8, 4) is 5.69 Å². The smallest absolute Gasteiger partial charge is 0.251 e. The highest BCUT2D eigenvalue weighted by molar-refractivity contribution is 7.99. The van der Waals surface area contributed by atoms with E-state index in [-0.39, 0.29) is 17.6 Å². The number of carbonyl (C=O) groups is 2. The molecule has 0 saturated heterocycles. The number of imidazole rings is 1. The Labute approximate surface area is 181 Å². The number of hydrogen-bond donors (Lipinski definition) is 2. The van der Waals surface area contributed by atoms with Crippen molar-refractivity contribution in [2.24, 2.45) is 0 Å². The number of rotatable bonds is 9. The molecular formula is C23H26N4O2S. The summed E-state index contributed by atoms with van der Waals surface area (Å²) in [4.78, 5) is 29.0. The fraction of sp³-hybridized carbons (Fsp3) is 0.261. The minimum absolute atomic E-state index is 0.0860. The van der Waals surface area contributed by atoms with Crippen molar-refractivity contribution in [2.45, 2.75) is 31.8 Å². The molecule has 2 amide bonds. The maximum absolute atomic E-state index is 12.3. The summed E-state index contributed by atoms with van der Waals surface area (Å²) in [6.07, 6.45) is 5.51. The second-order valence-corrected chi connectivity index (χ2v) is 7.88. The Hall–Kier alpha value is -3.06. The van der Waals surface area contributed by atoms with E-state index < -0.39 is 0 Å². The number of thioether (sulfide) groups is 1. The van der Waals surface area contributed by atoms with E-state index in [0.717, 1.165) is 29.8 Å². The molecule has 0 atom stereocenters. The zero-order chi connectivity index (χ0) is 21.3. The third-order valence-corrected chi connectivity index (χ3v) is 5.44. The molecule has 2 N–H and O–H groups in total. The number of amides is 2. The Morgan fingerprint density at radius 2 is 1.93 bits per heavy atom. The molecule has 3 aromatic rings. The van der Waals surface area contributed by atoms with E-state index in [2.05, 4.69) is 22.5 Å². The number of unbranched alkanes of at least 4 members (excludes halogenated alkanes) is 1. The van der Waals surface area contributed by atoms with Crippen molar-refractivity contribution < 1.29 is 9.59 Å². The summed E-state index contributed by atoms with van der Waals surface area (Å²) in [6.45, 7) is 4.76. The number of aryl methyl sites for hydroxylation is 1. The highest BCUT2D eigenvalue weighted by Gasteiger charge is 2.11. The number of aromatic nitrogens is 2. The standard InChI is InChI=1S/C23H26N4O2S/c1-3-4-12-24-22(29)18-6-5-7-20(15-18)27-14-13-25-23(27)30-16-21(28)26-19-10-8-17(2)9-11-19/h5-11,13-15H,3-4,12,16H2,1-2H3,(H,24,29)(H,26,28). The van der Waals surface area contributed by atoms with Crippen LogP contribution in [0, 0.1) is 6.92 Å². The van der Waals surface area contributed by atoms with Gasteiger partial charge in [-0.2, -0.15) is 0 Å². The second kappa shape index (κ2) is 10.6. The summed E-state index contributed by atoms with van der Waals surface area (Å²) in [6, 6.07) is 15.1. The molecule has 1 aromatic heterocycles. The summed E-state index contributed by atoms with van der Waals surface area (Å²) >= 11 is 1.35. The molecule has 0 radical (unpaired) electrons. The predicted molar refractivity (Wildman–Crippen MR) is 121 cm³/mol. The van der Waals surface area contributed by atoms with E-state index in [9.17, 15) is 9.59 Å². The van der Waals surface area contributed by atoms with E-state index >= 15 is 0 Å². The van der Waals surface area contributed by atoms with Gasteiger partial charge in [-0.25, -0.2) is 4.98 Å². The SMILES string of the molecule is CCCCNC(=O)c1cccc(-n2ccnc2SCC(=O)Nc2ccc(C)cc2)c1. The Morgan fingerprint density at radius 3 is 2.70 bits per heavy atom. The van der Waals surface area contributed by atoms with E-state index in [1.165, 1.54) is 11.8 Å². The summed E-state index contributed by atoms with van der Waals surface area (Å²) in [5, 5.41) is 6.51. The third-order valence-electron chi connectivity index (χ3n) is 4.48. The number of hydrogen-bond acceptors (Lipinski definition) is 4. The van der Waals surface area contributed by atoms with Crippen molar-refractivity contribution in [2.75, 3.05) is 17.6 Å². The normalized spacial score (nSPS) is 10.6. The average molecular weight is 423 g/mol. The number of nitrogens with zero attached hydrogens (tertiary/aromatic N) is 2. The largest absolute Gasteiger partial charge is 0.352 e. The molecule has 156 valence electrons. The molecule has 0 spiro atoms. The minimum atomic E-state index is -0.0949. The number of anilines is 1. The van der Waals surface area contributed by atoms with Crippen LogP contribution in [0.25, 0.3) is 5.69 Å². The first-order valence-electron chi connectivity index (χ1n) is 9.98. The molecule has 0 aliphatic rings. The van der Waals surface area contributed by atoms with Crippen LogP contribution < -0.4 is 10.6 Å². The molecule has 0 saturated carbocycles. The number of carbonyl (C=O) groups excluding carboxylic acids is 2. The molecule has 1 heterocycles. The highest BCUT2D eigenvalue weighted by Crippen LogP contribution is 2.21.